The molecule has 4 nitrogen and oxygen atoms in total. The number of hydrogen-bond acceptors (Lipinski definition) is 4. The van der Waals surface area contributed by atoms with Crippen molar-refractivity contribution in [2.75, 3.05) is 32.8 Å². The van der Waals surface area contributed by atoms with Crippen molar-refractivity contribution in [3.8, 4) is 0 Å². The summed E-state index contributed by atoms with van der Waals surface area (Å²) in [6.07, 6.45) is 4.25. The van der Waals surface area contributed by atoms with Crippen LogP contribution in [0.3, 0.4) is 0 Å². The molecular weight excluding hydrogens is 228 g/mol. The summed E-state index contributed by atoms with van der Waals surface area (Å²) in [6, 6.07) is 0.255. The Morgan fingerprint density at radius 2 is 2.28 bits per heavy atom. The molecule has 0 saturated carbocycles. The third-order valence-corrected chi connectivity index (χ3v) is 3.71. The maximum Gasteiger partial charge on any atom is 0.0900 e. The van der Waals surface area contributed by atoms with Gasteiger partial charge in [-0.2, -0.15) is 0 Å². The van der Waals surface area contributed by atoms with E-state index in [9.17, 15) is 5.11 Å². The number of unbranched alkanes of at least 4 members (excludes halogenated alkanes) is 1. The molecule has 1 rings (SSSR count). The van der Waals surface area contributed by atoms with E-state index < -0.39 is 0 Å². The Kier molecular flexibility index (Phi) is 7.82. The minimum absolute atomic E-state index is 0.255. The molecule has 1 aliphatic heterocycles. The molecule has 18 heavy (non-hydrogen) atoms. The summed E-state index contributed by atoms with van der Waals surface area (Å²) < 4.78 is 5.45. The number of nitrogens with zero attached hydrogens (tertiary/aromatic N) is 1. The lowest BCUT2D eigenvalue weighted by molar-refractivity contribution is 0.00735. The van der Waals surface area contributed by atoms with Crippen LogP contribution in [0, 0.1) is 5.92 Å². The van der Waals surface area contributed by atoms with Crippen LogP contribution < -0.4 is 5.73 Å². The van der Waals surface area contributed by atoms with Gasteiger partial charge in [0.2, 0.25) is 0 Å². The highest BCUT2D eigenvalue weighted by atomic mass is 16.5. The number of rotatable bonds is 8. The first-order valence-corrected chi connectivity index (χ1v) is 7.37. The summed E-state index contributed by atoms with van der Waals surface area (Å²) >= 11 is 0. The number of aliphatic hydroxyl groups excluding tert-OH is 1. The van der Waals surface area contributed by atoms with Crippen molar-refractivity contribution >= 4 is 0 Å². The van der Waals surface area contributed by atoms with E-state index in [0.29, 0.717) is 12.5 Å². The van der Waals surface area contributed by atoms with Gasteiger partial charge in [0.05, 0.1) is 12.7 Å². The molecule has 108 valence electrons. The molecule has 0 radical (unpaired) electrons. The first-order valence-electron chi connectivity index (χ1n) is 7.37. The van der Waals surface area contributed by atoms with E-state index in [4.69, 9.17) is 10.5 Å². The lowest BCUT2D eigenvalue weighted by Crippen LogP contribution is -2.45. The smallest absolute Gasteiger partial charge is 0.0900 e. The first kappa shape index (κ1) is 15.9. The van der Waals surface area contributed by atoms with Crippen molar-refractivity contribution in [1.82, 2.24) is 4.90 Å². The van der Waals surface area contributed by atoms with Gasteiger partial charge in [0.1, 0.15) is 0 Å². The van der Waals surface area contributed by atoms with Gasteiger partial charge in [-0.1, -0.05) is 13.3 Å². The van der Waals surface area contributed by atoms with E-state index >= 15 is 0 Å². The van der Waals surface area contributed by atoms with E-state index in [1.807, 2.05) is 0 Å². The summed E-state index contributed by atoms with van der Waals surface area (Å²) in [5.41, 5.74) is 5.96. The van der Waals surface area contributed by atoms with Gasteiger partial charge in [-0.3, -0.25) is 0 Å². The standard InChI is InChI=1S/C14H30N2O2/c1-3-4-8-18-11-14(17)10-16-7-5-6-13(9-16)12(2)15/h12-14,17H,3-11,15H2,1-2H3. The molecule has 0 aliphatic carbocycles. The molecule has 1 fully saturated rings. The molecule has 0 amide bonds. The van der Waals surface area contributed by atoms with Crippen molar-refractivity contribution in [3.63, 3.8) is 0 Å². The minimum atomic E-state index is -0.367. The average molecular weight is 258 g/mol. The molecule has 0 aromatic carbocycles. The summed E-state index contributed by atoms with van der Waals surface area (Å²) in [5.74, 6) is 0.576. The number of ether oxygens (including phenoxy) is 1. The highest BCUT2D eigenvalue weighted by Crippen LogP contribution is 2.18. The third kappa shape index (κ3) is 6.14. The van der Waals surface area contributed by atoms with Gasteiger partial charge in [0.25, 0.3) is 0 Å². The monoisotopic (exact) mass is 258 g/mol. The Morgan fingerprint density at radius 1 is 1.50 bits per heavy atom. The van der Waals surface area contributed by atoms with E-state index in [0.717, 1.165) is 39.1 Å². The van der Waals surface area contributed by atoms with Gasteiger partial charge in [-0.15, -0.1) is 0 Å². The summed E-state index contributed by atoms with van der Waals surface area (Å²) in [6.45, 7) is 8.25. The van der Waals surface area contributed by atoms with Gasteiger partial charge in [0.15, 0.2) is 0 Å². The molecule has 1 aliphatic rings. The minimum Gasteiger partial charge on any atom is -0.389 e. The SMILES string of the molecule is CCCCOCC(O)CN1CCCC(C(C)N)C1. The van der Waals surface area contributed by atoms with E-state index in [1.165, 1.54) is 12.8 Å². The highest BCUT2D eigenvalue weighted by Gasteiger charge is 2.23. The predicted octanol–water partition coefficient (Wildman–Crippen LogP) is 1.22. The Labute approximate surface area is 111 Å². The molecule has 1 heterocycles. The largest absolute Gasteiger partial charge is 0.389 e. The van der Waals surface area contributed by atoms with Crippen molar-refractivity contribution in [2.24, 2.45) is 11.7 Å². The highest BCUT2D eigenvalue weighted by molar-refractivity contribution is 4.79. The van der Waals surface area contributed by atoms with Crippen LogP contribution in [0.15, 0.2) is 0 Å². The Balaban J connectivity index is 2.16. The maximum absolute atomic E-state index is 9.93. The molecule has 3 atom stereocenters. The van der Waals surface area contributed by atoms with E-state index in [2.05, 4.69) is 18.7 Å². The molecule has 4 heteroatoms. The second-order valence-corrected chi connectivity index (χ2v) is 5.60. The number of likely N-dealkylation sites (tertiary alicyclic amines) is 1. The van der Waals surface area contributed by atoms with Gasteiger partial charge in [-0.25, -0.2) is 0 Å². The van der Waals surface area contributed by atoms with Gasteiger partial charge < -0.3 is 20.5 Å². The topological polar surface area (TPSA) is 58.7 Å². The number of aliphatic hydroxyl groups is 1. The van der Waals surface area contributed by atoms with Crippen molar-refractivity contribution in [1.29, 1.82) is 0 Å². The molecule has 0 bridgehead atoms. The van der Waals surface area contributed by atoms with Crippen LogP contribution in [0.2, 0.25) is 0 Å². The second-order valence-electron chi connectivity index (χ2n) is 5.60. The Bertz CT molecular complexity index is 212. The van der Waals surface area contributed by atoms with Crippen LogP contribution in [0.5, 0.6) is 0 Å². The van der Waals surface area contributed by atoms with E-state index in [-0.39, 0.29) is 12.1 Å². The maximum atomic E-state index is 9.93. The number of hydrogen-bond donors (Lipinski definition) is 2. The third-order valence-electron chi connectivity index (χ3n) is 3.71. The van der Waals surface area contributed by atoms with Gasteiger partial charge in [0, 0.05) is 25.7 Å². The number of piperidine rings is 1. The normalized spacial score (nSPS) is 25.0. The molecule has 0 spiro atoms. The van der Waals surface area contributed by atoms with Crippen LogP contribution in [0.4, 0.5) is 0 Å². The predicted molar refractivity (Wildman–Crippen MR) is 74.5 cm³/mol. The van der Waals surface area contributed by atoms with Crippen LogP contribution in [0.1, 0.15) is 39.5 Å². The lowest BCUT2D eigenvalue weighted by Gasteiger charge is -2.35. The quantitative estimate of drug-likeness (QED) is 0.643. The molecule has 3 N–H and O–H groups in total. The summed E-state index contributed by atoms with van der Waals surface area (Å²) in [4.78, 5) is 2.32. The van der Waals surface area contributed by atoms with E-state index in [1.54, 1.807) is 0 Å². The molecule has 0 aromatic heterocycles. The fourth-order valence-corrected chi connectivity index (χ4v) is 2.50. The second kappa shape index (κ2) is 8.86. The molecule has 1 saturated heterocycles. The summed E-state index contributed by atoms with van der Waals surface area (Å²) in [7, 11) is 0. The number of β-amino-alcohol motifs (C(OH)–C–C–N with tert-alkyl or cyclic N) is 1. The van der Waals surface area contributed by atoms with Crippen LogP contribution in [-0.4, -0.2) is 55.0 Å². The van der Waals surface area contributed by atoms with Crippen LogP contribution >= 0.6 is 0 Å². The number of nitrogens with two attached hydrogens (primary N) is 1. The summed E-state index contributed by atoms with van der Waals surface area (Å²) in [5, 5.41) is 9.93. The lowest BCUT2D eigenvalue weighted by atomic mass is 9.92. The Morgan fingerprint density at radius 3 is 2.94 bits per heavy atom. The van der Waals surface area contributed by atoms with Crippen LogP contribution in [-0.2, 0) is 4.74 Å². The first-order chi connectivity index (χ1) is 8.63. The van der Waals surface area contributed by atoms with Crippen molar-refractivity contribution < 1.29 is 9.84 Å². The van der Waals surface area contributed by atoms with Gasteiger partial charge >= 0.3 is 0 Å². The van der Waals surface area contributed by atoms with Crippen molar-refractivity contribution in [3.05, 3.63) is 0 Å². The zero-order chi connectivity index (χ0) is 13.4. The average Bonchev–Trinajstić information content (AvgIpc) is 2.35. The molecular formula is C14H30N2O2. The zero-order valence-corrected chi connectivity index (χ0v) is 12.0. The van der Waals surface area contributed by atoms with Crippen LogP contribution in [0.25, 0.3) is 0 Å². The van der Waals surface area contributed by atoms with Crippen molar-refractivity contribution in [2.45, 2.75) is 51.7 Å². The fraction of sp³-hybridized carbons (Fsp3) is 1.00. The molecule has 0 aromatic rings. The Hall–Kier alpha value is -0.160. The molecule has 3 unspecified atom stereocenters. The fourth-order valence-electron chi connectivity index (χ4n) is 2.50. The zero-order valence-electron chi connectivity index (χ0n) is 12.0. The van der Waals surface area contributed by atoms with Gasteiger partial charge in [-0.05, 0) is 38.6 Å².